The van der Waals surface area contributed by atoms with Gasteiger partial charge in [-0.1, -0.05) is 29.8 Å². The number of carbonyl (C=O) groups excluding carboxylic acids is 2. The number of primary amides is 1. The van der Waals surface area contributed by atoms with Gasteiger partial charge in [0.25, 0.3) is 11.8 Å². The lowest BCUT2D eigenvalue weighted by Crippen LogP contribution is -2.23. The van der Waals surface area contributed by atoms with Gasteiger partial charge in [0, 0.05) is 0 Å². The van der Waals surface area contributed by atoms with Gasteiger partial charge in [0.05, 0.1) is 16.3 Å². The van der Waals surface area contributed by atoms with Gasteiger partial charge in [0.15, 0.2) is 6.61 Å². The molecule has 0 fully saturated rings. The topological polar surface area (TPSA) is 81.4 Å². The highest BCUT2D eigenvalue weighted by atomic mass is 35.5. The van der Waals surface area contributed by atoms with Crippen molar-refractivity contribution in [3.8, 4) is 5.75 Å². The van der Waals surface area contributed by atoms with Gasteiger partial charge in [-0.25, -0.2) is 0 Å². The van der Waals surface area contributed by atoms with Crippen LogP contribution in [0.15, 0.2) is 42.5 Å². The Bertz CT molecular complexity index is 716. The first-order chi connectivity index (χ1) is 10.5. The Morgan fingerprint density at radius 2 is 1.95 bits per heavy atom. The molecule has 0 saturated carbocycles. The number of benzene rings is 2. The predicted octanol–water partition coefficient (Wildman–Crippen LogP) is 2.76. The number of amides is 2. The molecule has 114 valence electrons. The monoisotopic (exact) mass is 318 g/mol. The Morgan fingerprint density at radius 3 is 2.68 bits per heavy atom. The lowest BCUT2D eigenvalue weighted by Gasteiger charge is -2.11. The van der Waals surface area contributed by atoms with E-state index in [9.17, 15) is 9.59 Å². The molecule has 0 heterocycles. The quantitative estimate of drug-likeness (QED) is 0.889. The average Bonchev–Trinajstić information content (AvgIpc) is 2.48. The van der Waals surface area contributed by atoms with Crippen LogP contribution in [0.5, 0.6) is 5.75 Å². The van der Waals surface area contributed by atoms with E-state index in [0.717, 1.165) is 5.56 Å². The van der Waals surface area contributed by atoms with Crippen LogP contribution >= 0.6 is 11.6 Å². The summed E-state index contributed by atoms with van der Waals surface area (Å²) in [6.45, 7) is 1.67. The van der Waals surface area contributed by atoms with Crippen LogP contribution in [0.25, 0.3) is 0 Å². The third-order valence-corrected chi connectivity index (χ3v) is 3.22. The first kappa shape index (κ1) is 15.9. The maximum atomic E-state index is 11.9. The number of aryl methyl sites for hydroxylation is 1. The second-order valence-electron chi connectivity index (χ2n) is 4.68. The zero-order chi connectivity index (χ0) is 16.1. The van der Waals surface area contributed by atoms with Crippen LogP contribution in [0.1, 0.15) is 15.9 Å². The maximum Gasteiger partial charge on any atom is 0.262 e. The van der Waals surface area contributed by atoms with Crippen molar-refractivity contribution in [3.05, 3.63) is 58.6 Å². The van der Waals surface area contributed by atoms with E-state index in [1.807, 2.05) is 13.0 Å². The first-order valence-corrected chi connectivity index (χ1v) is 6.93. The van der Waals surface area contributed by atoms with Crippen molar-refractivity contribution in [2.75, 3.05) is 11.9 Å². The molecule has 2 amide bonds. The minimum atomic E-state index is -0.612. The zero-order valence-corrected chi connectivity index (χ0v) is 12.7. The Balaban J connectivity index is 2.02. The Labute approximate surface area is 133 Å². The third kappa shape index (κ3) is 3.99. The molecule has 0 aromatic heterocycles. The Hall–Kier alpha value is -2.53. The van der Waals surface area contributed by atoms with Gasteiger partial charge in [0.1, 0.15) is 5.75 Å². The molecule has 0 saturated heterocycles. The molecule has 0 radical (unpaired) electrons. The molecule has 0 atom stereocenters. The van der Waals surface area contributed by atoms with E-state index in [-0.39, 0.29) is 12.2 Å². The van der Waals surface area contributed by atoms with Crippen molar-refractivity contribution in [2.45, 2.75) is 6.92 Å². The summed E-state index contributed by atoms with van der Waals surface area (Å²) in [5.41, 5.74) is 6.81. The number of anilines is 1. The fourth-order valence-corrected chi connectivity index (χ4v) is 2.03. The number of nitrogens with one attached hydrogen (secondary N) is 1. The largest absolute Gasteiger partial charge is 0.482 e. The molecule has 0 aliphatic heterocycles. The van der Waals surface area contributed by atoms with Gasteiger partial charge in [-0.05, 0) is 36.8 Å². The van der Waals surface area contributed by atoms with Crippen LogP contribution in [0.3, 0.4) is 0 Å². The zero-order valence-electron chi connectivity index (χ0n) is 11.9. The second-order valence-corrected chi connectivity index (χ2v) is 5.09. The molecule has 3 N–H and O–H groups in total. The van der Waals surface area contributed by atoms with Crippen molar-refractivity contribution in [3.63, 3.8) is 0 Å². The Kier molecular flexibility index (Phi) is 5.01. The van der Waals surface area contributed by atoms with Crippen LogP contribution in [0.4, 0.5) is 5.69 Å². The van der Waals surface area contributed by atoms with E-state index < -0.39 is 11.8 Å². The normalized spacial score (nSPS) is 10.1. The highest BCUT2D eigenvalue weighted by molar-refractivity contribution is 6.32. The summed E-state index contributed by atoms with van der Waals surface area (Å²) in [5.74, 6) is -0.593. The second kappa shape index (κ2) is 6.95. The number of halogens is 1. The van der Waals surface area contributed by atoms with Gasteiger partial charge in [-0.15, -0.1) is 0 Å². The van der Waals surface area contributed by atoms with Gasteiger partial charge < -0.3 is 15.8 Å². The van der Waals surface area contributed by atoms with Gasteiger partial charge in [-0.3, -0.25) is 9.59 Å². The molecular weight excluding hydrogens is 304 g/mol. The molecule has 2 aromatic carbocycles. The summed E-state index contributed by atoms with van der Waals surface area (Å²) in [6, 6.07) is 11.8. The lowest BCUT2D eigenvalue weighted by molar-refractivity contribution is -0.118. The Morgan fingerprint density at radius 1 is 1.23 bits per heavy atom. The molecule has 0 aliphatic carbocycles. The van der Waals surface area contributed by atoms with Gasteiger partial charge in [0.2, 0.25) is 0 Å². The molecule has 0 aliphatic rings. The molecule has 22 heavy (non-hydrogen) atoms. The molecule has 0 bridgehead atoms. The third-order valence-electron chi connectivity index (χ3n) is 2.91. The van der Waals surface area contributed by atoms with E-state index in [1.165, 1.54) is 6.07 Å². The standard InChI is InChI=1S/C16H15ClN2O3/c1-10-6-7-12(17)14(8-10)22-9-15(20)19-13-5-3-2-4-11(13)16(18)21/h2-8H,9H2,1H3,(H2,18,21)(H,19,20). The minimum absolute atomic E-state index is 0.226. The maximum absolute atomic E-state index is 11.9. The van der Waals surface area contributed by atoms with E-state index in [4.69, 9.17) is 22.1 Å². The van der Waals surface area contributed by atoms with Crippen LogP contribution in [0, 0.1) is 6.92 Å². The summed E-state index contributed by atoms with van der Waals surface area (Å²) < 4.78 is 5.39. The van der Waals surface area contributed by atoms with E-state index >= 15 is 0 Å². The highest BCUT2D eigenvalue weighted by Crippen LogP contribution is 2.25. The molecule has 2 rings (SSSR count). The predicted molar refractivity (Wildman–Crippen MR) is 85.3 cm³/mol. The van der Waals surface area contributed by atoms with Crippen molar-refractivity contribution < 1.29 is 14.3 Å². The first-order valence-electron chi connectivity index (χ1n) is 6.55. The van der Waals surface area contributed by atoms with E-state index in [0.29, 0.717) is 16.5 Å². The smallest absolute Gasteiger partial charge is 0.262 e. The van der Waals surface area contributed by atoms with E-state index in [2.05, 4.69) is 5.32 Å². The van der Waals surface area contributed by atoms with Crippen LogP contribution < -0.4 is 15.8 Å². The van der Waals surface area contributed by atoms with Gasteiger partial charge >= 0.3 is 0 Å². The molecule has 5 nitrogen and oxygen atoms in total. The fourth-order valence-electron chi connectivity index (χ4n) is 1.86. The van der Waals surface area contributed by atoms with Crippen molar-refractivity contribution in [1.29, 1.82) is 0 Å². The highest BCUT2D eigenvalue weighted by Gasteiger charge is 2.11. The average molecular weight is 319 g/mol. The summed E-state index contributed by atoms with van der Waals surface area (Å²) in [4.78, 5) is 23.2. The van der Waals surface area contributed by atoms with Crippen LogP contribution in [-0.2, 0) is 4.79 Å². The van der Waals surface area contributed by atoms with Crippen molar-refractivity contribution >= 4 is 29.1 Å². The number of hydrogen-bond donors (Lipinski definition) is 2. The number of carbonyl (C=O) groups is 2. The number of para-hydroxylation sites is 1. The number of rotatable bonds is 5. The molecule has 0 unspecified atom stereocenters. The molecule has 2 aromatic rings. The summed E-state index contributed by atoms with van der Waals surface area (Å²) in [7, 11) is 0. The van der Waals surface area contributed by atoms with Crippen LogP contribution in [0.2, 0.25) is 5.02 Å². The van der Waals surface area contributed by atoms with Crippen LogP contribution in [-0.4, -0.2) is 18.4 Å². The summed E-state index contributed by atoms with van der Waals surface area (Å²) >= 11 is 5.99. The molecular formula is C16H15ClN2O3. The molecule has 0 spiro atoms. The SMILES string of the molecule is Cc1ccc(Cl)c(OCC(=O)Nc2ccccc2C(N)=O)c1. The van der Waals surface area contributed by atoms with Crippen molar-refractivity contribution in [2.24, 2.45) is 5.73 Å². The fraction of sp³-hybridized carbons (Fsp3) is 0.125. The summed E-state index contributed by atoms with van der Waals surface area (Å²) in [5, 5.41) is 3.02. The van der Waals surface area contributed by atoms with Gasteiger partial charge in [-0.2, -0.15) is 0 Å². The minimum Gasteiger partial charge on any atom is -0.482 e. The summed E-state index contributed by atoms with van der Waals surface area (Å²) in [6.07, 6.45) is 0. The van der Waals surface area contributed by atoms with Crippen molar-refractivity contribution in [1.82, 2.24) is 0 Å². The van der Waals surface area contributed by atoms with E-state index in [1.54, 1.807) is 30.3 Å². The number of ether oxygens (including phenoxy) is 1. The lowest BCUT2D eigenvalue weighted by atomic mass is 10.1. The molecule has 6 heteroatoms. The number of hydrogen-bond acceptors (Lipinski definition) is 3. The number of nitrogens with two attached hydrogens (primary N) is 1.